The van der Waals surface area contributed by atoms with E-state index >= 15 is 0 Å². The topological polar surface area (TPSA) is 115 Å². The molecule has 0 fully saturated rings. The first kappa shape index (κ1) is 37.4. The molecule has 0 saturated carbocycles. The highest BCUT2D eigenvalue weighted by atomic mass is 35.5. The SMILES string of the molecule is CC(=O)N(NCc1cccc(F)c1Cl)[C@H](CONC(=O)N1C=CC(c2ccccc2)O1)CN(CC(F)F)C(=O)NCc1cccc(F)c1Cl. The van der Waals surface area contributed by atoms with Crippen LogP contribution in [0.3, 0.4) is 0 Å². The molecule has 1 aliphatic rings. The average molecular weight is 728 g/mol. The first-order valence-corrected chi connectivity index (χ1v) is 15.5. The second-order valence-electron chi connectivity index (χ2n) is 10.6. The normalized spacial score (nSPS) is 14.5. The largest absolute Gasteiger partial charge is 0.369 e. The van der Waals surface area contributed by atoms with E-state index in [1.165, 1.54) is 30.5 Å². The van der Waals surface area contributed by atoms with Crippen LogP contribution >= 0.6 is 23.2 Å². The lowest BCUT2D eigenvalue weighted by atomic mass is 10.1. The van der Waals surface area contributed by atoms with Gasteiger partial charge < -0.3 is 10.2 Å². The van der Waals surface area contributed by atoms with E-state index < -0.39 is 67.9 Å². The van der Waals surface area contributed by atoms with Crippen molar-refractivity contribution in [1.29, 1.82) is 0 Å². The zero-order valence-electron chi connectivity index (χ0n) is 25.9. The van der Waals surface area contributed by atoms with Crippen LogP contribution in [0, 0.1) is 11.6 Å². The molecule has 0 saturated heterocycles. The summed E-state index contributed by atoms with van der Waals surface area (Å²) in [5.74, 6) is -2.08. The molecule has 1 unspecified atom stereocenters. The van der Waals surface area contributed by atoms with Gasteiger partial charge in [-0.3, -0.25) is 19.5 Å². The Morgan fingerprint density at radius 3 is 2.16 bits per heavy atom. The number of carbonyl (C=O) groups excluding carboxylic acids is 3. The first-order valence-electron chi connectivity index (χ1n) is 14.8. The van der Waals surface area contributed by atoms with Gasteiger partial charge in [0.25, 0.3) is 6.43 Å². The number of halogens is 6. The summed E-state index contributed by atoms with van der Waals surface area (Å²) in [5, 5.41) is 3.84. The quantitative estimate of drug-likeness (QED) is 0.136. The van der Waals surface area contributed by atoms with E-state index in [-0.39, 0.29) is 34.3 Å². The van der Waals surface area contributed by atoms with E-state index in [0.717, 1.165) is 39.6 Å². The van der Waals surface area contributed by atoms with Gasteiger partial charge >= 0.3 is 12.1 Å². The Hall–Kier alpha value is -4.41. The number of hydrogen-bond donors (Lipinski definition) is 3. The minimum absolute atomic E-state index is 0.189. The fourth-order valence-electron chi connectivity index (χ4n) is 4.71. The van der Waals surface area contributed by atoms with Crippen LogP contribution in [-0.2, 0) is 27.6 Å². The second kappa shape index (κ2) is 17.8. The molecule has 2 atom stereocenters. The molecular formula is C32H32Cl2F4N6O5. The highest BCUT2D eigenvalue weighted by molar-refractivity contribution is 6.31. The predicted molar refractivity (Wildman–Crippen MR) is 172 cm³/mol. The number of nitrogens with zero attached hydrogens (tertiary/aromatic N) is 3. The number of hydrogen-bond acceptors (Lipinski definition) is 6. The zero-order chi connectivity index (χ0) is 35.5. The van der Waals surface area contributed by atoms with Crippen LogP contribution in [0.15, 0.2) is 79.0 Å². The second-order valence-corrected chi connectivity index (χ2v) is 11.3. The summed E-state index contributed by atoms with van der Waals surface area (Å²) in [7, 11) is 0. The molecular weight excluding hydrogens is 695 g/mol. The molecule has 0 aliphatic carbocycles. The van der Waals surface area contributed by atoms with Gasteiger partial charge in [0, 0.05) is 32.8 Å². The molecule has 0 spiro atoms. The number of nitrogens with one attached hydrogen (secondary N) is 3. The van der Waals surface area contributed by atoms with Gasteiger partial charge in [0.1, 0.15) is 17.7 Å². The van der Waals surface area contributed by atoms with E-state index in [9.17, 15) is 31.9 Å². The molecule has 11 nitrogen and oxygen atoms in total. The zero-order valence-corrected chi connectivity index (χ0v) is 27.4. The van der Waals surface area contributed by atoms with Crippen LogP contribution in [0.2, 0.25) is 10.0 Å². The van der Waals surface area contributed by atoms with Crippen molar-refractivity contribution < 1.29 is 41.6 Å². The first-order chi connectivity index (χ1) is 23.4. The standard InChI is InChI=1S/C32H32Cl2F4N6O5/c1-20(45)44(40-16-23-10-6-12-26(36)30(23)34)24(19-48-41-32(47)43-14-13-27(49-43)21-7-3-2-4-8-21)17-42(18-28(37)38)31(46)39-15-22-9-5-11-25(35)29(22)33/h2-14,24,27-28,40H,15-19H2,1H3,(H,39,46)(H,41,47)/t24-,27?/m0/s1. The van der Waals surface area contributed by atoms with Crippen molar-refractivity contribution >= 4 is 41.2 Å². The van der Waals surface area contributed by atoms with Gasteiger partial charge in [0.15, 0.2) is 0 Å². The lowest BCUT2D eigenvalue weighted by molar-refractivity contribution is -0.139. The lowest BCUT2D eigenvalue weighted by Crippen LogP contribution is -2.57. The maximum absolute atomic E-state index is 14.1. The minimum Gasteiger partial charge on any atom is -0.334 e. The van der Waals surface area contributed by atoms with Gasteiger partial charge in [-0.2, -0.15) is 5.06 Å². The third kappa shape index (κ3) is 10.5. The van der Waals surface area contributed by atoms with E-state index in [4.69, 9.17) is 32.9 Å². The number of urea groups is 2. The van der Waals surface area contributed by atoms with Crippen LogP contribution in [0.4, 0.5) is 27.2 Å². The van der Waals surface area contributed by atoms with E-state index in [0.29, 0.717) is 0 Å². The molecule has 3 N–H and O–H groups in total. The molecule has 0 bridgehead atoms. The summed E-state index contributed by atoms with van der Waals surface area (Å²) < 4.78 is 55.4. The van der Waals surface area contributed by atoms with Crippen LogP contribution in [0.25, 0.3) is 0 Å². The van der Waals surface area contributed by atoms with Gasteiger partial charge in [0.2, 0.25) is 5.91 Å². The molecule has 4 rings (SSSR count). The molecule has 5 amide bonds. The van der Waals surface area contributed by atoms with Crippen molar-refractivity contribution in [3.8, 4) is 0 Å². The van der Waals surface area contributed by atoms with Crippen molar-refractivity contribution in [2.45, 2.75) is 38.6 Å². The number of hydrazine groups is 1. The maximum Gasteiger partial charge on any atom is 0.369 e. The Morgan fingerprint density at radius 1 is 0.918 bits per heavy atom. The molecule has 0 aromatic heterocycles. The Kier molecular flexibility index (Phi) is 13.6. The molecule has 3 aromatic carbocycles. The predicted octanol–water partition coefficient (Wildman–Crippen LogP) is 6.11. The highest BCUT2D eigenvalue weighted by Gasteiger charge is 2.30. The number of alkyl halides is 2. The van der Waals surface area contributed by atoms with Gasteiger partial charge in [-0.05, 0) is 34.9 Å². The van der Waals surface area contributed by atoms with Crippen molar-refractivity contribution in [2.75, 3.05) is 19.7 Å². The third-order valence-corrected chi connectivity index (χ3v) is 7.95. The monoisotopic (exact) mass is 726 g/mol. The molecule has 3 aromatic rings. The fraction of sp³-hybridized carbons (Fsp3) is 0.281. The van der Waals surface area contributed by atoms with Crippen molar-refractivity contribution in [1.82, 2.24) is 31.2 Å². The smallest absolute Gasteiger partial charge is 0.334 e. The summed E-state index contributed by atoms with van der Waals surface area (Å²) in [6, 6.07) is 14.0. The van der Waals surface area contributed by atoms with Crippen molar-refractivity contribution in [3.05, 3.63) is 117 Å². The highest BCUT2D eigenvalue weighted by Crippen LogP contribution is 2.26. The van der Waals surface area contributed by atoms with Crippen LogP contribution < -0.4 is 16.2 Å². The average Bonchev–Trinajstić information content (AvgIpc) is 3.57. The molecule has 17 heteroatoms. The number of amides is 5. The number of benzene rings is 3. The van der Waals surface area contributed by atoms with E-state index in [1.807, 2.05) is 30.3 Å². The summed E-state index contributed by atoms with van der Waals surface area (Å²) in [6.45, 7) is -1.49. The Morgan fingerprint density at radius 2 is 1.55 bits per heavy atom. The van der Waals surface area contributed by atoms with E-state index in [1.54, 1.807) is 6.08 Å². The summed E-state index contributed by atoms with van der Waals surface area (Å²) in [6.07, 6.45) is -0.532. The molecule has 49 heavy (non-hydrogen) atoms. The summed E-state index contributed by atoms with van der Waals surface area (Å²) in [5.41, 5.74) is 6.19. The van der Waals surface area contributed by atoms with Gasteiger partial charge in [0.05, 0.1) is 29.2 Å². The Labute approximate surface area is 289 Å². The van der Waals surface area contributed by atoms with Gasteiger partial charge in [-0.1, -0.05) is 77.8 Å². The molecule has 262 valence electrons. The van der Waals surface area contributed by atoms with Crippen LogP contribution in [-0.4, -0.2) is 65.1 Å². The molecule has 0 radical (unpaired) electrons. The summed E-state index contributed by atoms with van der Waals surface area (Å²) >= 11 is 12.0. The third-order valence-electron chi connectivity index (χ3n) is 7.10. The van der Waals surface area contributed by atoms with Crippen molar-refractivity contribution in [2.24, 2.45) is 0 Å². The number of rotatable bonds is 14. The lowest BCUT2D eigenvalue weighted by Gasteiger charge is -2.35. The molecule has 1 heterocycles. The van der Waals surface area contributed by atoms with Gasteiger partial charge in [-0.25, -0.2) is 38.1 Å². The maximum atomic E-state index is 14.1. The van der Waals surface area contributed by atoms with Crippen LogP contribution in [0.5, 0.6) is 0 Å². The van der Waals surface area contributed by atoms with Crippen molar-refractivity contribution in [3.63, 3.8) is 0 Å². The summed E-state index contributed by atoms with van der Waals surface area (Å²) in [4.78, 5) is 50.5. The van der Waals surface area contributed by atoms with E-state index in [2.05, 4.69) is 16.2 Å². The Balaban J connectivity index is 1.48. The van der Waals surface area contributed by atoms with Gasteiger partial charge in [-0.15, -0.1) is 0 Å². The Bertz CT molecular complexity index is 1640. The van der Waals surface area contributed by atoms with Crippen LogP contribution in [0.1, 0.15) is 29.7 Å². The fourth-order valence-corrected chi connectivity index (χ4v) is 5.10. The number of hydroxylamine groups is 3. The number of carbonyl (C=O) groups is 3. The molecule has 1 aliphatic heterocycles. The minimum atomic E-state index is -2.99.